The van der Waals surface area contributed by atoms with Crippen LogP contribution in [0.4, 0.5) is 5.95 Å². The highest BCUT2D eigenvalue weighted by Gasteiger charge is 2.30. The molecule has 0 saturated carbocycles. The van der Waals surface area contributed by atoms with Crippen LogP contribution in [-0.4, -0.2) is 39.6 Å². The van der Waals surface area contributed by atoms with Crippen LogP contribution in [0.2, 0.25) is 0 Å². The Labute approximate surface area is 176 Å². The maximum atomic E-state index is 13.2. The second kappa shape index (κ2) is 8.22. The van der Waals surface area contributed by atoms with Gasteiger partial charge in [-0.25, -0.2) is 9.97 Å². The molecule has 1 aromatic heterocycles. The first-order valence-corrected chi connectivity index (χ1v) is 10.4. The first kappa shape index (κ1) is 20.0. The molecule has 30 heavy (non-hydrogen) atoms. The number of amides is 1. The zero-order chi connectivity index (χ0) is 21.3. The predicted octanol–water partition coefficient (Wildman–Crippen LogP) is 4.07. The van der Waals surface area contributed by atoms with Crippen LogP contribution < -0.4 is 5.73 Å². The molecule has 1 amide bonds. The number of likely N-dealkylation sites (tertiary alicyclic amines) is 1. The summed E-state index contributed by atoms with van der Waals surface area (Å²) < 4.78 is 0. The van der Waals surface area contributed by atoms with Gasteiger partial charge in [0.15, 0.2) is 5.78 Å². The van der Waals surface area contributed by atoms with Gasteiger partial charge >= 0.3 is 0 Å². The van der Waals surface area contributed by atoms with Gasteiger partial charge in [0.1, 0.15) is 5.69 Å². The summed E-state index contributed by atoms with van der Waals surface area (Å²) in [5, 5.41) is 2.15. The number of ketones is 1. The summed E-state index contributed by atoms with van der Waals surface area (Å²) in [4.78, 5) is 36.3. The zero-order valence-corrected chi connectivity index (χ0v) is 17.3. The molecule has 2 aromatic carbocycles. The van der Waals surface area contributed by atoms with E-state index in [9.17, 15) is 9.59 Å². The van der Waals surface area contributed by atoms with Gasteiger partial charge in [0.05, 0.1) is 0 Å². The van der Waals surface area contributed by atoms with E-state index >= 15 is 0 Å². The molecule has 6 heteroatoms. The van der Waals surface area contributed by atoms with Crippen LogP contribution in [0.3, 0.4) is 0 Å². The van der Waals surface area contributed by atoms with Crippen molar-refractivity contribution in [1.82, 2.24) is 14.9 Å². The van der Waals surface area contributed by atoms with Crippen LogP contribution in [0.5, 0.6) is 0 Å². The number of hydrogen-bond acceptors (Lipinski definition) is 5. The Morgan fingerprint density at radius 2 is 1.83 bits per heavy atom. The van der Waals surface area contributed by atoms with Crippen molar-refractivity contribution < 1.29 is 9.59 Å². The molecule has 3 aromatic rings. The topological polar surface area (TPSA) is 89.2 Å². The molecule has 1 fully saturated rings. The summed E-state index contributed by atoms with van der Waals surface area (Å²) in [6.45, 7) is 5.00. The van der Waals surface area contributed by atoms with E-state index in [0.29, 0.717) is 24.3 Å². The van der Waals surface area contributed by atoms with Crippen molar-refractivity contribution in [3.63, 3.8) is 0 Å². The van der Waals surface area contributed by atoms with E-state index in [2.05, 4.69) is 9.97 Å². The second-order valence-corrected chi connectivity index (χ2v) is 8.21. The molecule has 1 aliphatic heterocycles. The first-order chi connectivity index (χ1) is 14.4. The normalized spacial score (nSPS) is 16.8. The quantitative estimate of drug-likeness (QED) is 0.665. The van der Waals surface area contributed by atoms with Crippen molar-refractivity contribution in [2.75, 3.05) is 18.8 Å². The molecule has 154 valence electrons. The molecule has 1 atom stereocenters. The van der Waals surface area contributed by atoms with Crippen LogP contribution >= 0.6 is 0 Å². The molecule has 1 aliphatic rings. The predicted molar refractivity (Wildman–Crippen MR) is 117 cm³/mol. The zero-order valence-electron chi connectivity index (χ0n) is 17.3. The number of benzene rings is 2. The number of carbonyl (C=O) groups excluding carboxylic acids is 2. The first-order valence-electron chi connectivity index (χ1n) is 10.4. The van der Waals surface area contributed by atoms with Gasteiger partial charge < -0.3 is 10.6 Å². The number of nitrogen functional groups attached to an aromatic ring is 1. The lowest BCUT2D eigenvalue weighted by Gasteiger charge is -2.32. The maximum absolute atomic E-state index is 13.2. The highest BCUT2D eigenvalue weighted by atomic mass is 16.2. The fourth-order valence-corrected chi connectivity index (χ4v) is 4.01. The Bertz CT molecular complexity index is 1110. The van der Waals surface area contributed by atoms with Gasteiger partial charge in [0, 0.05) is 30.3 Å². The molecule has 2 N–H and O–H groups in total. The Kier molecular flexibility index (Phi) is 5.48. The number of nitrogens with zero attached hydrogens (tertiary/aromatic N) is 3. The standard InChI is InChI=1S/C24H26N4O2/c1-15(2)20-13-21(27-24(25)26-20)23(30)28-11-5-8-19(14-28)22(29)18-10-9-16-6-3-4-7-17(16)12-18/h3-4,6-7,9-10,12-13,15,19H,5,8,11,14H2,1-2H3,(H2,25,26,27). The number of fused-ring (bicyclic) bond motifs is 1. The average molecular weight is 402 g/mol. The Balaban J connectivity index is 1.53. The molecule has 0 aliphatic carbocycles. The minimum Gasteiger partial charge on any atom is -0.368 e. The molecule has 1 unspecified atom stereocenters. The monoisotopic (exact) mass is 402 g/mol. The molecule has 2 heterocycles. The fraction of sp³-hybridized carbons (Fsp3) is 0.333. The van der Waals surface area contributed by atoms with Gasteiger partial charge in [-0.2, -0.15) is 0 Å². The largest absolute Gasteiger partial charge is 0.368 e. The minimum atomic E-state index is -0.215. The lowest BCUT2D eigenvalue weighted by molar-refractivity contribution is 0.0632. The van der Waals surface area contributed by atoms with Crippen molar-refractivity contribution in [3.05, 3.63) is 65.5 Å². The van der Waals surface area contributed by atoms with Gasteiger partial charge in [0.2, 0.25) is 5.95 Å². The average Bonchev–Trinajstić information content (AvgIpc) is 2.77. The number of carbonyl (C=O) groups is 2. The van der Waals surface area contributed by atoms with Crippen molar-refractivity contribution >= 4 is 28.4 Å². The van der Waals surface area contributed by atoms with E-state index in [1.54, 1.807) is 11.0 Å². The molecule has 0 bridgehead atoms. The van der Waals surface area contributed by atoms with Gasteiger partial charge in [-0.1, -0.05) is 50.2 Å². The molecule has 4 rings (SSSR count). The molecular weight excluding hydrogens is 376 g/mol. The van der Waals surface area contributed by atoms with Gasteiger partial charge in [0.25, 0.3) is 5.91 Å². The van der Waals surface area contributed by atoms with Crippen molar-refractivity contribution in [2.45, 2.75) is 32.6 Å². The Morgan fingerprint density at radius 1 is 1.07 bits per heavy atom. The van der Waals surface area contributed by atoms with Crippen LogP contribution in [-0.2, 0) is 0 Å². The third kappa shape index (κ3) is 4.03. The van der Waals surface area contributed by atoms with Crippen LogP contribution in [0.1, 0.15) is 59.1 Å². The van der Waals surface area contributed by atoms with Crippen LogP contribution in [0.25, 0.3) is 10.8 Å². The van der Waals surface area contributed by atoms with E-state index in [1.807, 2.05) is 56.3 Å². The smallest absolute Gasteiger partial charge is 0.272 e. The van der Waals surface area contributed by atoms with Crippen molar-refractivity contribution in [3.8, 4) is 0 Å². The SMILES string of the molecule is CC(C)c1cc(C(=O)N2CCCC(C(=O)c3ccc4ccccc4c3)C2)nc(N)n1. The summed E-state index contributed by atoms with van der Waals surface area (Å²) in [7, 11) is 0. The maximum Gasteiger partial charge on any atom is 0.272 e. The molecule has 0 spiro atoms. The molecule has 1 saturated heterocycles. The summed E-state index contributed by atoms with van der Waals surface area (Å²) in [5.41, 5.74) is 7.55. The highest BCUT2D eigenvalue weighted by Crippen LogP contribution is 2.25. The molecular formula is C24H26N4O2. The summed E-state index contributed by atoms with van der Waals surface area (Å²) in [6, 6.07) is 15.5. The van der Waals surface area contributed by atoms with Crippen molar-refractivity contribution in [2.24, 2.45) is 5.92 Å². The van der Waals surface area contributed by atoms with Gasteiger partial charge in [-0.15, -0.1) is 0 Å². The van der Waals surface area contributed by atoms with Crippen molar-refractivity contribution in [1.29, 1.82) is 0 Å². The highest BCUT2D eigenvalue weighted by molar-refractivity contribution is 6.02. The lowest BCUT2D eigenvalue weighted by Crippen LogP contribution is -2.42. The number of Topliss-reactive ketones (excluding diaryl/α,β-unsaturated/α-hetero) is 1. The van der Waals surface area contributed by atoms with E-state index in [1.165, 1.54) is 0 Å². The number of hydrogen-bond donors (Lipinski definition) is 1. The lowest BCUT2D eigenvalue weighted by atomic mass is 9.89. The molecule has 6 nitrogen and oxygen atoms in total. The summed E-state index contributed by atoms with van der Waals surface area (Å²) in [5.74, 6) is -0.0752. The summed E-state index contributed by atoms with van der Waals surface area (Å²) in [6.07, 6.45) is 1.56. The van der Waals surface area contributed by atoms with Crippen LogP contribution in [0.15, 0.2) is 48.5 Å². The second-order valence-electron chi connectivity index (χ2n) is 8.21. The van der Waals surface area contributed by atoms with Gasteiger partial charge in [-0.05, 0) is 41.7 Å². The van der Waals surface area contributed by atoms with E-state index in [4.69, 9.17) is 5.73 Å². The number of piperidine rings is 1. The number of rotatable bonds is 4. The number of nitrogens with two attached hydrogens (primary N) is 1. The Morgan fingerprint density at radius 3 is 2.60 bits per heavy atom. The summed E-state index contributed by atoms with van der Waals surface area (Å²) >= 11 is 0. The number of anilines is 1. The van der Waals surface area contributed by atoms with E-state index < -0.39 is 0 Å². The number of aromatic nitrogens is 2. The fourth-order valence-electron chi connectivity index (χ4n) is 4.01. The van der Waals surface area contributed by atoms with E-state index in [0.717, 1.165) is 29.3 Å². The van der Waals surface area contributed by atoms with E-state index in [-0.39, 0.29) is 29.5 Å². The third-order valence-electron chi connectivity index (χ3n) is 5.69. The Hall–Kier alpha value is -3.28. The molecule has 0 radical (unpaired) electrons. The third-order valence-corrected chi connectivity index (χ3v) is 5.69. The minimum absolute atomic E-state index is 0.0864. The van der Waals surface area contributed by atoms with Gasteiger partial charge in [-0.3, -0.25) is 9.59 Å². The van der Waals surface area contributed by atoms with Crippen LogP contribution in [0, 0.1) is 5.92 Å².